The number of H-pyrrole nitrogens is 1. The fraction of sp³-hybridized carbons (Fsp3) is 0.360. The molecule has 2 aromatic carbocycles. The molecular weight excluding hydrogens is 507 g/mol. The predicted octanol–water partition coefficient (Wildman–Crippen LogP) is 3.61. The Kier molecular flexibility index (Phi) is 6.84. The summed E-state index contributed by atoms with van der Waals surface area (Å²) in [6.45, 7) is 2.43. The van der Waals surface area contributed by atoms with Crippen molar-refractivity contribution in [3.63, 3.8) is 0 Å². The highest BCUT2D eigenvalue weighted by Gasteiger charge is 2.38. The molecule has 194 valence electrons. The van der Waals surface area contributed by atoms with Crippen LogP contribution in [0.1, 0.15) is 28.8 Å². The maximum Gasteiger partial charge on any atom is 0.475 e. The van der Waals surface area contributed by atoms with Crippen LogP contribution in [0.15, 0.2) is 53.4 Å². The number of alkyl halides is 3. The zero-order chi connectivity index (χ0) is 26.2. The Bertz CT molecular complexity index is 1360. The van der Waals surface area contributed by atoms with Crippen LogP contribution >= 0.6 is 0 Å². The van der Waals surface area contributed by atoms with Gasteiger partial charge in [-0.1, -0.05) is 12.1 Å². The van der Waals surface area contributed by atoms with Crippen LogP contribution in [0, 0.1) is 11.8 Å². The molecule has 1 N–H and O–H groups in total. The highest BCUT2D eigenvalue weighted by atomic mass is 32.2. The number of carbonyl (C=O) groups excluding carboxylic acids is 2. The fourth-order valence-electron chi connectivity index (χ4n) is 5.00. The summed E-state index contributed by atoms with van der Waals surface area (Å²) < 4.78 is 49.2. The van der Waals surface area contributed by atoms with E-state index in [-0.39, 0.29) is 16.7 Å². The molecule has 0 saturated carbocycles. The van der Waals surface area contributed by atoms with Crippen molar-refractivity contribution in [2.24, 2.45) is 11.8 Å². The largest absolute Gasteiger partial charge is 0.475 e. The highest BCUT2D eigenvalue weighted by molar-refractivity contribution is 7.86. The van der Waals surface area contributed by atoms with E-state index in [1.165, 1.54) is 18.2 Å². The van der Waals surface area contributed by atoms with Crippen molar-refractivity contribution in [1.29, 1.82) is 0 Å². The van der Waals surface area contributed by atoms with Gasteiger partial charge in [0.25, 0.3) is 5.91 Å². The molecule has 2 aliphatic rings. The molecule has 2 saturated heterocycles. The molecule has 3 unspecified atom stereocenters. The number of nitrogens with one attached hydrogen (secondary N) is 1. The lowest BCUT2D eigenvalue weighted by Gasteiger charge is -2.21. The van der Waals surface area contributed by atoms with E-state index in [0.717, 1.165) is 25.0 Å². The van der Waals surface area contributed by atoms with Gasteiger partial charge in [-0.2, -0.15) is 28.6 Å². The number of hydrogen-bond donors (Lipinski definition) is 1. The summed E-state index contributed by atoms with van der Waals surface area (Å²) in [5.41, 5.74) is -2.33. The number of hydrogen-bond acceptors (Lipinski definition) is 5. The third-order valence-electron chi connectivity index (χ3n) is 7.00. The Morgan fingerprint density at radius 2 is 1.59 bits per heavy atom. The van der Waals surface area contributed by atoms with E-state index in [4.69, 9.17) is 0 Å². The standard InChI is InChI=1S/C25H24F3N5O3S/c26-25(27,28)37(36)20-5-1-16(2-6-20)3-8-23(34)32-11-9-18-14-33(15-19(18)10-12-32)24(35)17-4-7-21-22(13-17)30-31-29-21/h1-8,13,18-19H,9-12,14-15H2,(H,29,30,31). The van der Waals surface area contributed by atoms with E-state index in [0.29, 0.717) is 60.2 Å². The summed E-state index contributed by atoms with van der Waals surface area (Å²) >= 11 is 0. The fourth-order valence-corrected chi connectivity index (χ4v) is 5.65. The SMILES string of the molecule is O=C(C=Cc1ccc(S(=O)C(F)(F)F)cc1)N1CCC2CN(C(=O)c3ccc4n[nH]nc4c3)CC2CC1. The smallest absolute Gasteiger partial charge is 0.339 e. The molecule has 5 rings (SSSR count). The van der Waals surface area contributed by atoms with Gasteiger partial charge in [0.1, 0.15) is 11.0 Å². The number of carbonyl (C=O) groups is 2. The van der Waals surface area contributed by atoms with Gasteiger partial charge in [-0.25, -0.2) is 4.21 Å². The molecule has 2 amide bonds. The second-order valence-electron chi connectivity index (χ2n) is 9.28. The maximum absolute atomic E-state index is 13.1. The minimum Gasteiger partial charge on any atom is -0.339 e. The van der Waals surface area contributed by atoms with Crippen LogP contribution in [0.3, 0.4) is 0 Å². The zero-order valence-corrected chi connectivity index (χ0v) is 20.5. The number of likely N-dealkylation sites (tertiary alicyclic amines) is 2. The van der Waals surface area contributed by atoms with Gasteiger partial charge in [0.15, 0.2) is 10.8 Å². The first-order chi connectivity index (χ1) is 17.7. The molecule has 0 spiro atoms. The quantitative estimate of drug-likeness (QED) is 0.519. The van der Waals surface area contributed by atoms with Gasteiger partial charge in [-0.3, -0.25) is 9.59 Å². The highest BCUT2D eigenvalue weighted by Crippen LogP contribution is 2.33. The van der Waals surface area contributed by atoms with Crippen molar-refractivity contribution in [1.82, 2.24) is 25.2 Å². The molecule has 37 heavy (non-hydrogen) atoms. The third-order valence-corrected chi connectivity index (χ3v) is 8.12. The van der Waals surface area contributed by atoms with E-state index in [2.05, 4.69) is 15.4 Å². The van der Waals surface area contributed by atoms with Gasteiger partial charge in [0.2, 0.25) is 5.91 Å². The first-order valence-corrected chi connectivity index (χ1v) is 13.0. The minimum absolute atomic E-state index is 0.0288. The van der Waals surface area contributed by atoms with Crippen LogP contribution < -0.4 is 0 Å². The summed E-state index contributed by atoms with van der Waals surface area (Å²) in [6.07, 6.45) is 4.52. The second kappa shape index (κ2) is 10.1. The number of aromatic nitrogens is 3. The third kappa shape index (κ3) is 5.43. The number of aromatic amines is 1. The first kappa shape index (κ1) is 25.1. The number of rotatable bonds is 4. The Balaban J connectivity index is 1.15. The summed E-state index contributed by atoms with van der Waals surface area (Å²) in [7, 11) is -3.08. The van der Waals surface area contributed by atoms with E-state index >= 15 is 0 Å². The van der Waals surface area contributed by atoms with Crippen LogP contribution in [-0.2, 0) is 15.6 Å². The number of fused-ring (bicyclic) bond motifs is 2. The average Bonchev–Trinajstić information content (AvgIpc) is 3.48. The zero-order valence-electron chi connectivity index (χ0n) is 19.6. The number of halogens is 3. The Hall–Kier alpha value is -3.54. The van der Waals surface area contributed by atoms with Gasteiger partial charge >= 0.3 is 5.51 Å². The topological polar surface area (TPSA) is 99.3 Å². The molecule has 2 fully saturated rings. The van der Waals surface area contributed by atoms with E-state index in [1.807, 2.05) is 4.90 Å². The van der Waals surface area contributed by atoms with Crippen LogP contribution in [0.4, 0.5) is 13.2 Å². The number of amides is 2. The van der Waals surface area contributed by atoms with Crippen molar-refractivity contribution in [3.8, 4) is 0 Å². The molecule has 2 aliphatic heterocycles. The van der Waals surface area contributed by atoms with Crippen molar-refractivity contribution < 1.29 is 27.0 Å². The van der Waals surface area contributed by atoms with Gasteiger partial charge in [0.05, 0.1) is 0 Å². The lowest BCUT2D eigenvalue weighted by molar-refractivity contribution is -0.126. The maximum atomic E-state index is 13.1. The first-order valence-electron chi connectivity index (χ1n) is 11.8. The van der Waals surface area contributed by atoms with Crippen LogP contribution in [0.2, 0.25) is 0 Å². The molecule has 0 bridgehead atoms. The number of benzene rings is 2. The van der Waals surface area contributed by atoms with Crippen molar-refractivity contribution in [2.45, 2.75) is 23.2 Å². The Morgan fingerprint density at radius 1 is 0.946 bits per heavy atom. The number of nitrogens with zero attached hydrogens (tertiary/aromatic N) is 4. The monoisotopic (exact) mass is 531 g/mol. The van der Waals surface area contributed by atoms with Gasteiger partial charge < -0.3 is 9.80 Å². The van der Waals surface area contributed by atoms with Crippen molar-refractivity contribution in [3.05, 3.63) is 59.7 Å². The van der Waals surface area contributed by atoms with Gasteiger partial charge in [-0.05, 0) is 66.6 Å². The molecule has 3 atom stereocenters. The second-order valence-corrected chi connectivity index (χ2v) is 10.7. The average molecular weight is 532 g/mol. The summed E-state index contributed by atoms with van der Waals surface area (Å²) in [4.78, 5) is 29.1. The van der Waals surface area contributed by atoms with Gasteiger partial charge in [0, 0.05) is 42.7 Å². The molecule has 12 heteroatoms. The van der Waals surface area contributed by atoms with Crippen LogP contribution in [0.25, 0.3) is 17.1 Å². The molecule has 8 nitrogen and oxygen atoms in total. The molecule has 0 aliphatic carbocycles. The van der Waals surface area contributed by atoms with Crippen LogP contribution in [0.5, 0.6) is 0 Å². The van der Waals surface area contributed by atoms with E-state index in [1.54, 1.807) is 29.2 Å². The summed E-state index contributed by atoms with van der Waals surface area (Å²) in [6, 6.07) is 10.4. The molecule has 1 aromatic heterocycles. The van der Waals surface area contributed by atoms with E-state index < -0.39 is 16.3 Å². The molecular formula is C25H24F3N5O3S. The van der Waals surface area contributed by atoms with E-state index in [9.17, 15) is 27.0 Å². The van der Waals surface area contributed by atoms with Crippen LogP contribution in [-0.4, -0.2) is 72.9 Å². The molecule has 3 aromatic rings. The predicted molar refractivity (Wildman–Crippen MR) is 131 cm³/mol. The summed E-state index contributed by atoms with van der Waals surface area (Å²) in [5.74, 6) is 0.419. The lowest BCUT2D eigenvalue weighted by Crippen LogP contribution is -2.33. The summed E-state index contributed by atoms with van der Waals surface area (Å²) in [5, 5.41) is 10.6. The van der Waals surface area contributed by atoms with Gasteiger partial charge in [-0.15, -0.1) is 0 Å². The normalized spacial score (nSPS) is 21.3. The minimum atomic E-state index is -4.81. The Labute approximate surface area is 213 Å². The molecule has 3 heterocycles. The lowest BCUT2D eigenvalue weighted by atomic mass is 9.92. The Morgan fingerprint density at radius 3 is 2.24 bits per heavy atom. The van der Waals surface area contributed by atoms with Crippen molar-refractivity contribution in [2.75, 3.05) is 26.2 Å². The van der Waals surface area contributed by atoms with Crippen molar-refractivity contribution >= 4 is 39.7 Å². The molecule has 0 radical (unpaired) electrons.